The van der Waals surface area contributed by atoms with Crippen LogP contribution in [0.4, 0.5) is 5.69 Å². The molecule has 1 aromatic carbocycles. The van der Waals surface area contributed by atoms with Crippen molar-refractivity contribution in [2.45, 2.75) is 27.2 Å². The quantitative estimate of drug-likeness (QED) is 0.851. The molecule has 6 heteroatoms. The minimum absolute atomic E-state index is 0.0574. The van der Waals surface area contributed by atoms with Crippen molar-refractivity contribution < 1.29 is 19.4 Å². The van der Waals surface area contributed by atoms with Gasteiger partial charge < -0.3 is 9.84 Å². The summed E-state index contributed by atoms with van der Waals surface area (Å²) in [6, 6.07) is 1.74. The lowest BCUT2D eigenvalue weighted by Crippen LogP contribution is -2.20. The van der Waals surface area contributed by atoms with Crippen molar-refractivity contribution in [2.75, 3.05) is 7.11 Å². The summed E-state index contributed by atoms with van der Waals surface area (Å²) in [5.74, 6) is -1.51. The molecule has 0 unspecified atom stereocenters. The van der Waals surface area contributed by atoms with Crippen LogP contribution in [0.25, 0.3) is 11.1 Å². The number of hydrogen-bond acceptors (Lipinski definition) is 5. The predicted molar refractivity (Wildman–Crippen MR) is 85.0 cm³/mol. The van der Waals surface area contributed by atoms with Gasteiger partial charge in [-0.25, -0.2) is 19.6 Å². The number of hydrogen-bond donors (Lipinski definition) is 1. The molecule has 23 heavy (non-hydrogen) atoms. The highest BCUT2D eigenvalue weighted by Crippen LogP contribution is 2.29. The van der Waals surface area contributed by atoms with Crippen molar-refractivity contribution in [1.29, 1.82) is 0 Å². The number of carbonyl (C=O) groups excluding carboxylic acids is 1. The Balaban J connectivity index is 2.34. The largest absolute Gasteiger partial charge is 0.477 e. The van der Waals surface area contributed by atoms with Crippen LogP contribution in [0.2, 0.25) is 0 Å². The molecule has 0 amide bonds. The van der Waals surface area contributed by atoms with Crippen LogP contribution in [0.15, 0.2) is 21.7 Å². The molecule has 0 aliphatic carbocycles. The van der Waals surface area contributed by atoms with Crippen LogP contribution >= 0.6 is 0 Å². The average molecular weight is 312 g/mol. The molecule has 0 saturated heterocycles. The Hall–Kier alpha value is -2.76. The average Bonchev–Trinajstić information content (AvgIpc) is 3.05. The number of carbonyl (C=O) groups is 2. The van der Waals surface area contributed by atoms with Gasteiger partial charge in [-0.15, -0.1) is 0 Å². The van der Waals surface area contributed by atoms with E-state index in [1.54, 1.807) is 13.0 Å². The zero-order valence-electron chi connectivity index (χ0n) is 13.4. The lowest BCUT2D eigenvalue weighted by Gasteiger charge is -2.08. The van der Waals surface area contributed by atoms with E-state index in [1.165, 1.54) is 7.11 Å². The summed E-state index contributed by atoms with van der Waals surface area (Å²) < 4.78 is 4.81. The first-order valence-electron chi connectivity index (χ1n) is 7.28. The predicted octanol–water partition coefficient (Wildman–Crippen LogP) is 1.26. The monoisotopic (exact) mass is 312 g/mol. The smallest absolute Gasteiger partial charge is 0.356 e. The molecule has 2 heterocycles. The number of aliphatic carboxylic acids is 1. The Labute approximate surface area is 132 Å². The molecule has 2 aliphatic rings. The van der Waals surface area contributed by atoms with Crippen LogP contribution in [0, 0.1) is 6.92 Å². The Morgan fingerprint density at radius 2 is 1.96 bits per heavy atom. The number of aliphatic imine (C=N–C) groups is 1. The number of nitrogens with zero attached hydrogens (tertiary/aromatic N) is 2. The lowest BCUT2D eigenvalue weighted by molar-refractivity contribution is -0.136. The number of benzene rings is 1. The molecule has 6 nitrogen and oxygen atoms in total. The Bertz CT molecular complexity index is 952. The summed E-state index contributed by atoms with van der Waals surface area (Å²) in [6.45, 7) is 5.61. The maximum absolute atomic E-state index is 11.9. The molecule has 0 atom stereocenters. The molecule has 1 aromatic rings. The molecular formula is C17H16N2O4. The fourth-order valence-electron chi connectivity index (χ4n) is 3.26. The van der Waals surface area contributed by atoms with E-state index in [9.17, 15) is 14.7 Å². The van der Waals surface area contributed by atoms with Crippen molar-refractivity contribution in [1.82, 2.24) is 0 Å². The van der Waals surface area contributed by atoms with E-state index < -0.39 is 11.9 Å². The van der Waals surface area contributed by atoms with Gasteiger partial charge in [-0.1, -0.05) is 6.92 Å². The minimum Gasteiger partial charge on any atom is -0.477 e. The van der Waals surface area contributed by atoms with Gasteiger partial charge in [0, 0.05) is 10.8 Å². The van der Waals surface area contributed by atoms with E-state index in [1.807, 2.05) is 13.8 Å². The zero-order valence-corrected chi connectivity index (χ0v) is 13.4. The van der Waals surface area contributed by atoms with Gasteiger partial charge in [0.25, 0.3) is 0 Å². The maximum Gasteiger partial charge on any atom is 0.356 e. The summed E-state index contributed by atoms with van der Waals surface area (Å²) in [5.41, 5.74) is 4.20. The molecule has 0 spiro atoms. The van der Waals surface area contributed by atoms with Crippen LogP contribution in [-0.4, -0.2) is 29.9 Å². The summed E-state index contributed by atoms with van der Waals surface area (Å²) in [6.07, 6.45) is 0.631. The molecule has 0 saturated carbocycles. The van der Waals surface area contributed by atoms with Crippen LogP contribution in [-0.2, 0) is 14.3 Å². The number of carboxylic acid groups (broad SMARTS) is 1. The highest BCUT2D eigenvalue weighted by atomic mass is 16.5. The second-order valence-electron chi connectivity index (χ2n) is 5.46. The van der Waals surface area contributed by atoms with Crippen LogP contribution in [0.5, 0.6) is 0 Å². The van der Waals surface area contributed by atoms with E-state index >= 15 is 0 Å². The molecule has 118 valence electrons. The van der Waals surface area contributed by atoms with Gasteiger partial charge in [0.1, 0.15) is 0 Å². The standard InChI is InChI=1S/C17H16N2O4/c1-5-9-13-7(2)12-8(3)14(16(20)21)18-10(12)6-11(13)19-15(9)17(22)23-4/h6H,5H2,1-4H3,(H,20,21). The molecule has 0 bridgehead atoms. The number of esters is 1. The molecule has 0 aromatic heterocycles. The number of rotatable bonds is 3. The van der Waals surface area contributed by atoms with E-state index in [0.29, 0.717) is 28.7 Å². The van der Waals surface area contributed by atoms with Gasteiger partial charge in [-0.2, -0.15) is 0 Å². The van der Waals surface area contributed by atoms with E-state index in [0.717, 1.165) is 21.9 Å². The summed E-state index contributed by atoms with van der Waals surface area (Å²) in [4.78, 5) is 31.8. The van der Waals surface area contributed by atoms with E-state index in [-0.39, 0.29) is 5.71 Å². The molecule has 1 N–H and O–H groups in total. The van der Waals surface area contributed by atoms with Gasteiger partial charge in [0.15, 0.2) is 11.4 Å². The van der Waals surface area contributed by atoms with Crippen molar-refractivity contribution in [3.05, 3.63) is 33.5 Å². The Kier molecular flexibility index (Phi) is 3.39. The first-order valence-corrected chi connectivity index (χ1v) is 7.28. The highest BCUT2D eigenvalue weighted by Gasteiger charge is 2.28. The Morgan fingerprint density at radius 1 is 1.26 bits per heavy atom. The second kappa shape index (κ2) is 5.15. The zero-order chi connectivity index (χ0) is 16.9. The summed E-state index contributed by atoms with van der Waals surface area (Å²) in [7, 11) is 1.33. The summed E-state index contributed by atoms with van der Waals surface area (Å²) >= 11 is 0. The number of fused-ring (bicyclic) bond motifs is 2. The Morgan fingerprint density at radius 3 is 2.52 bits per heavy atom. The van der Waals surface area contributed by atoms with E-state index in [2.05, 4.69) is 9.98 Å². The molecule has 3 rings (SSSR count). The highest BCUT2D eigenvalue weighted by molar-refractivity contribution is 6.52. The van der Waals surface area contributed by atoms with Crippen LogP contribution in [0.3, 0.4) is 0 Å². The fourth-order valence-corrected chi connectivity index (χ4v) is 3.26. The third-order valence-corrected chi connectivity index (χ3v) is 4.25. The summed E-state index contributed by atoms with van der Waals surface area (Å²) in [5, 5.41) is 10.7. The topological polar surface area (TPSA) is 88.3 Å². The van der Waals surface area contributed by atoms with Crippen LogP contribution < -0.4 is 10.6 Å². The molecular weight excluding hydrogens is 296 g/mol. The first kappa shape index (κ1) is 15.1. The van der Waals surface area contributed by atoms with Crippen molar-refractivity contribution in [2.24, 2.45) is 9.98 Å². The molecule has 0 radical (unpaired) electrons. The minimum atomic E-state index is -1.04. The van der Waals surface area contributed by atoms with Gasteiger partial charge in [0.2, 0.25) is 0 Å². The number of carboxylic acids is 1. The van der Waals surface area contributed by atoms with Gasteiger partial charge in [0.05, 0.1) is 18.2 Å². The third kappa shape index (κ3) is 2.02. The second-order valence-corrected chi connectivity index (χ2v) is 5.46. The molecule has 0 fully saturated rings. The van der Waals surface area contributed by atoms with E-state index in [4.69, 9.17) is 4.74 Å². The van der Waals surface area contributed by atoms with Gasteiger partial charge in [-0.05, 0) is 43.0 Å². The number of methoxy groups -OCH3 is 1. The van der Waals surface area contributed by atoms with Crippen LogP contribution in [0.1, 0.15) is 31.4 Å². The van der Waals surface area contributed by atoms with Gasteiger partial charge >= 0.3 is 11.9 Å². The lowest BCUT2D eigenvalue weighted by atomic mass is 9.94. The normalized spacial score (nSPS) is 15.1. The van der Waals surface area contributed by atoms with Crippen molar-refractivity contribution in [3.8, 4) is 0 Å². The first-order chi connectivity index (χ1) is 10.9. The van der Waals surface area contributed by atoms with Gasteiger partial charge in [-0.3, -0.25) is 0 Å². The number of ether oxygens (including phenoxy) is 1. The molecule has 2 aliphatic heterocycles. The number of allylic oxidation sites excluding steroid dienone is 1. The third-order valence-electron chi connectivity index (χ3n) is 4.25. The van der Waals surface area contributed by atoms with Crippen molar-refractivity contribution >= 4 is 34.5 Å². The SMILES string of the molecule is CCC1=C(C(=O)OC)N=c2cc3c(c(C)c21)=C(C)C(C(=O)O)=N3. The van der Waals surface area contributed by atoms with Crippen molar-refractivity contribution in [3.63, 3.8) is 0 Å². The fraction of sp³-hybridized carbons (Fsp3) is 0.294. The maximum atomic E-state index is 11.9.